The second-order valence-corrected chi connectivity index (χ2v) is 7.97. The zero-order valence-electron chi connectivity index (χ0n) is 11.2. The normalized spacial score (nSPS) is 11.9. The Morgan fingerprint density at radius 2 is 2.05 bits per heavy atom. The molecule has 2 N–H and O–H groups in total. The molecule has 0 aromatic carbocycles. The van der Waals surface area contributed by atoms with Crippen LogP contribution in [0.15, 0.2) is 15.7 Å². The maximum Gasteiger partial charge on any atom is 0.242 e. The zero-order chi connectivity index (χ0) is 14.8. The van der Waals surface area contributed by atoms with Crippen LogP contribution in [0.1, 0.15) is 21.1 Å². The Labute approximate surface area is 126 Å². The van der Waals surface area contributed by atoms with Crippen LogP contribution in [0.5, 0.6) is 0 Å². The van der Waals surface area contributed by atoms with Crippen LogP contribution in [0.4, 0.5) is 0 Å². The van der Waals surface area contributed by atoms with Crippen molar-refractivity contribution >= 4 is 32.7 Å². The summed E-state index contributed by atoms with van der Waals surface area (Å²) in [6.45, 7) is 3.68. The van der Waals surface area contributed by atoms with Gasteiger partial charge in [0.25, 0.3) is 0 Å². The highest BCUT2D eigenvalue weighted by atomic mass is 32.2. The van der Waals surface area contributed by atoms with Gasteiger partial charge in [-0.2, -0.15) is 0 Å². The molecule has 0 aliphatic heterocycles. The maximum absolute atomic E-state index is 12.3. The summed E-state index contributed by atoms with van der Waals surface area (Å²) in [5, 5.41) is 13.8. The first kappa shape index (κ1) is 15.6. The second-order valence-electron chi connectivity index (χ2n) is 4.36. The Morgan fingerprint density at radius 1 is 1.30 bits per heavy atom. The van der Waals surface area contributed by atoms with E-state index in [1.807, 2.05) is 12.3 Å². The first-order chi connectivity index (χ1) is 9.44. The van der Waals surface area contributed by atoms with E-state index in [-0.39, 0.29) is 11.5 Å². The molecular formula is C12H16N2O3S3. The SMILES string of the molecule is Cc1csc(CCNS(=O)(=O)c2c(C)csc2CO)n1. The van der Waals surface area contributed by atoms with E-state index in [1.54, 1.807) is 12.3 Å². The number of aromatic nitrogens is 1. The van der Waals surface area contributed by atoms with E-state index >= 15 is 0 Å². The van der Waals surface area contributed by atoms with Gasteiger partial charge in [0.15, 0.2) is 0 Å². The van der Waals surface area contributed by atoms with Gasteiger partial charge in [0.05, 0.1) is 16.5 Å². The fraction of sp³-hybridized carbons (Fsp3) is 0.417. The van der Waals surface area contributed by atoms with Crippen molar-refractivity contribution in [3.05, 3.63) is 31.9 Å². The van der Waals surface area contributed by atoms with Crippen molar-refractivity contribution in [2.24, 2.45) is 0 Å². The molecular weight excluding hydrogens is 316 g/mol. The summed E-state index contributed by atoms with van der Waals surface area (Å²) >= 11 is 2.78. The number of nitrogens with zero attached hydrogens (tertiary/aromatic N) is 1. The van der Waals surface area contributed by atoms with Crippen LogP contribution in [0.25, 0.3) is 0 Å². The number of hydrogen-bond acceptors (Lipinski definition) is 6. The fourth-order valence-corrected chi connectivity index (χ4v) is 5.30. The first-order valence-corrected chi connectivity index (χ1v) is 9.27. The topological polar surface area (TPSA) is 79.3 Å². The summed E-state index contributed by atoms with van der Waals surface area (Å²) < 4.78 is 27.1. The summed E-state index contributed by atoms with van der Waals surface area (Å²) in [7, 11) is -3.58. The maximum atomic E-state index is 12.3. The smallest absolute Gasteiger partial charge is 0.242 e. The molecule has 0 amide bonds. The molecule has 8 heteroatoms. The molecule has 2 aromatic heterocycles. The van der Waals surface area contributed by atoms with E-state index in [0.717, 1.165) is 10.7 Å². The van der Waals surface area contributed by atoms with Crippen molar-refractivity contribution in [3.8, 4) is 0 Å². The van der Waals surface area contributed by atoms with Crippen molar-refractivity contribution < 1.29 is 13.5 Å². The molecule has 0 radical (unpaired) electrons. The molecule has 2 aromatic rings. The molecule has 2 heterocycles. The number of nitrogens with one attached hydrogen (secondary N) is 1. The quantitative estimate of drug-likeness (QED) is 0.846. The van der Waals surface area contributed by atoms with Gasteiger partial charge in [-0.3, -0.25) is 0 Å². The lowest BCUT2D eigenvalue weighted by Gasteiger charge is -2.07. The Bertz CT molecular complexity index is 689. The molecule has 0 bridgehead atoms. The minimum absolute atomic E-state index is 0.209. The number of hydrogen-bond donors (Lipinski definition) is 2. The van der Waals surface area contributed by atoms with Crippen LogP contribution in [0.3, 0.4) is 0 Å². The molecule has 0 spiro atoms. The number of thiazole rings is 1. The third-order valence-electron chi connectivity index (χ3n) is 2.70. The predicted octanol–water partition coefficient (Wildman–Crippen LogP) is 1.83. The van der Waals surface area contributed by atoms with E-state index in [4.69, 9.17) is 0 Å². The molecule has 0 aliphatic rings. The van der Waals surface area contributed by atoms with Crippen LogP contribution in [-0.2, 0) is 23.1 Å². The van der Waals surface area contributed by atoms with Crippen molar-refractivity contribution in [2.45, 2.75) is 31.8 Å². The first-order valence-electron chi connectivity index (χ1n) is 6.02. The van der Waals surface area contributed by atoms with E-state index in [9.17, 15) is 13.5 Å². The standard InChI is InChI=1S/C12H16N2O3S3/c1-8-6-18-10(5-15)12(8)20(16,17)13-4-3-11-14-9(2)7-19-11/h6-7,13,15H,3-5H2,1-2H3. The lowest BCUT2D eigenvalue weighted by Crippen LogP contribution is -2.27. The molecule has 0 unspecified atom stereocenters. The highest BCUT2D eigenvalue weighted by Crippen LogP contribution is 2.26. The molecule has 2 rings (SSSR count). The summed E-state index contributed by atoms with van der Waals surface area (Å²) in [6, 6.07) is 0. The van der Waals surface area contributed by atoms with E-state index in [2.05, 4.69) is 9.71 Å². The highest BCUT2D eigenvalue weighted by Gasteiger charge is 2.22. The summed E-state index contributed by atoms with van der Waals surface area (Å²) in [5.41, 5.74) is 1.61. The monoisotopic (exact) mass is 332 g/mol. The van der Waals surface area contributed by atoms with Gasteiger partial charge in [0.2, 0.25) is 10.0 Å². The van der Waals surface area contributed by atoms with E-state index in [1.165, 1.54) is 22.7 Å². The van der Waals surface area contributed by atoms with Crippen molar-refractivity contribution in [1.29, 1.82) is 0 Å². The average molecular weight is 332 g/mol. The molecule has 0 saturated carbocycles. The van der Waals surface area contributed by atoms with Crippen LogP contribution in [0.2, 0.25) is 0 Å². The van der Waals surface area contributed by atoms with E-state index < -0.39 is 10.0 Å². The summed E-state index contributed by atoms with van der Waals surface area (Å²) in [5.74, 6) is 0. The van der Waals surface area contributed by atoms with Gasteiger partial charge < -0.3 is 5.11 Å². The van der Waals surface area contributed by atoms with Gasteiger partial charge >= 0.3 is 0 Å². The third-order valence-corrected chi connectivity index (χ3v) is 6.63. The van der Waals surface area contributed by atoms with Crippen LogP contribution >= 0.6 is 22.7 Å². The molecule has 20 heavy (non-hydrogen) atoms. The number of aryl methyl sites for hydroxylation is 2. The molecule has 0 fully saturated rings. The molecule has 0 atom stereocenters. The number of thiophene rings is 1. The molecule has 0 aliphatic carbocycles. The molecule has 110 valence electrons. The number of sulfonamides is 1. The molecule has 5 nitrogen and oxygen atoms in total. The Hall–Kier alpha value is -0.800. The van der Waals surface area contributed by atoms with E-state index in [0.29, 0.717) is 23.4 Å². The highest BCUT2D eigenvalue weighted by molar-refractivity contribution is 7.89. The third kappa shape index (κ3) is 3.44. The van der Waals surface area contributed by atoms with Crippen molar-refractivity contribution in [1.82, 2.24) is 9.71 Å². The van der Waals surface area contributed by atoms with Gasteiger partial charge in [-0.25, -0.2) is 18.1 Å². The Morgan fingerprint density at radius 3 is 2.65 bits per heavy atom. The van der Waals surface area contributed by atoms with Crippen LogP contribution in [-0.4, -0.2) is 25.1 Å². The van der Waals surface area contributed by atoms with Crippen molar-refractivity contribution in [2.75, 3.05) is 6.54 Å². The van der Waals surface area contributed by atoms with Crippen molar-refractivity contribution in [3.63, 3.8) is 0 Å². The fourth-order valence-electron chi connectivity index (χ4n) is 1.84. The van der Waals surface area contributed by atoms with Gasteiger partial charge in [-0.15, -0.1) is 22.7 Å². The average Bonchev–Trinajstić information content (AvgIpc) is 2.95. The number of aliphatic hydroxyl groups is 1. The summed E-state index contributed by atoms with van der Waals surface area (Å²) in [4.78, 5) is 4.97. The number of aliphatic hydroxyl groups excluding tert-OH is 1. The largest absolute Gasteiger partial charge is 0.391 e. The minimum Gasteiger partial charge on any atom is -0.391 e. The van der Waals surface area contributed by atoms with Gasteiger partial charge in [0, 0.05) is 24.0 Å². The Balaban J connectivity index is 2.06. The lowest BCUT2D eigenvalue weighted by atomic mass is 10.3. The zero-order valence-corrected chi connectivity index (χ0v) is 13.7. The lowest BCUT2D eigenvalue weighted by molar-refractivity contribution is 0.282. The predicted molar refractivity (Wildman–Crippen MR) is 80.7 cm³/mol. The summed E-state index contributed by atoms with van der Waals surface area (Å²) in [6.07, 6.45) is 0.565. The second kappa shape index (κ2) is 6.31. The Kier molecular flexibility index (Phi) is 4.92. The van der Waals surface area contributed by atoms with Crippen LogP contribution in [0, 0.1) is 13.8 Å². The van der Waals surface area contributed by atoms with Gasteiger partial charge in [-0.1, -0.05) is 0 Å². The number of rotatable bonds is 6. The molecule has 0 saturated heterocycles. The van der Waals surface area contributed by atoms with Gasteiger partial charge in [0.1, 0.15) is 4.90 Å². The minimum atomic E-state index is -3.58. The van der Waals surface area contributed by atoms with Crippen LogP contribution < -0.4 is 4.72 Å². The van der Waals surface area contributed by atoms with Gasteiger partial charge in [-0.05, 0) is 24.8 Å².